The minimum absolute atomic E-state index is 0.0118. The van der Waals surface area contributed by atoms with Crippen molar-refractivity contribution in [3.05, 3.63) is 47.7 Å². The number of hydrogen-bond acceptors (Lipinski definition) is 4. The molecule has 2 aromatic rings. The molecule has 0 saturated heterocycles. The normalized spacial score (nSPS) is 16.9. The number of hydrogen-bond donors (Lipinski definition) is 3. The Balaban J connectivity index is 1.91. The Bertz CT molecular complexity index is 654. The molecular weight excluding hydrogens is 240 g/mol. The summed E-state index contributed by atoms with van der Waals surface area (Å²) in [5.41, 5.74) is 9.19. The molecule has 1 aromatic heterocycles. The van der Waals surface area contributed by atoms with Crippen LogP contribution in [-0.2, 0) is 0 Å². The number of aromatic nitrogens is 1. The van der Waals surface area contributed by atoms with Gasteiger partial charge in [-0.15, -0.1) is 0 Å². The van der Waals surface area contributed by atoms with E-state index in [1.54, 1.807) is 12.3 Å². The van der Waals surface area contributed by atoms with Gasteiger partial charge in [-0.3, -0.25) is 4.79 Å². The smallest absolute Gasteiger partial charge is 0.252 e. The van der Waals surface area contributed by atoms with Crippen LogP contribution >= 0.6 is 0 Å². The number of benzene rings is 1. The number of nitrogens with one attached hydrogen (secondary N) is 2. The summed E-state index contributed by atoms with van der Waals surface area (Å²) in [5.74, 6) is 0.457. The van der Waals surface area contributed by atoms with Gasteiger partial charge in [0.2, 0.25) is 0 Å². The summed E-state index contributed by atoms with van der Waals surface area (Å²) < 4.78 is 0. The molecule has 1 unspecified atom stereocenters. The zero-order valence-electron chi connectivity index (χ0n) is 10.5. The van der Waals surface area contributed by atoms with Crippen LogP contribution < -0.4 is 16.4 Å². The van der Waals surface area contributed by atoms with Gasteiger partial charge in [-0.2, -0.15) is 0 Å². The van der Waals surface area contributed by atoms with E-state index in [-0.39, 0.29) is 11.9 Å². The third-order valence-corrected chi connectivity index (χ3v) is 3.18. The molecule has 4 N–H and O–H groups in total. The average Bonchev–Trinajstić information content (AvgIpc) is 2.65. The van der Waals surface area contributed by atoms with Crippen LogP contribution in [0.25, 0.3) is 0 Å². The Morgan fingerprint density at radius 3 is 2.84 bits per heavy atom. The fraction of sp³-hybridized carbons (Fsp3) is 0.143. The number of rotatable bonds is 2. The minimum atomic E-state index is -0.0118. The summed E-state index contributed by atoms with van der Waals surface area (Å²) in [6.07, 6.45) is 1.65. The molecule has 19 heavy (non-hydrogen) atoms. The molecule has 1 amide bonds. The number of amides is 1. The highest BCUT2D eigenvalue weighted by Gasteiger charge is 2.25. The lowest BCUT2D eigenvalue weighted by molar-refractivity contribution is 0.0958. The van der Waals surface area contributed by atoms with Crippen LogP contribution in [0, 0.1) is 0 Å². The Kier molecular flexibility index (Phi) is 2.59. The first kappa shape index (κ1) is 11.5. The summed E-state index contributed by atoms with van der Waals surface area (Å²) in [6.45, 7) is 1.97. The maximum Gasteiger partial charge on any atom is 0.252 e. The number of anilines is 3. The van der Waals surface area contributed by atoms with Crippen molar-refractivity contribution in [2.75, 3.05) is 11.1 Å². The second-order valence-corrected chi connectivity index (χ2v) is 4.59. The highest BCUT2D eigenvalue weighted by atomic mass is 16.2. The van der Waals surface area contributed by atoms with E-state index in [9.17, 15) is 4.79 Å². The predicted octanol–water partition coefficient (Wildman–Crippen LogP) is 2.21. The lowest BCUT2D eigenvalue weighted by atomic mass is 10.0. The van der Waals surface area contributed by atoms with Gasteiger partial charge >= 0.3 is 0 Å². The van der Waals surface area contributed by atoms with Crippen LogP contribution in [0.2, 0.25) is 0 Å². The van der Waals surface area contributed by atoms with Crippen molar-refractivity contribution in [3.63, 3.8) is 0 Å². The molecule has 0 bridgehead atoms. The first-order valence-corrected chi connectivity index (χ1v) is 6.07. The lowest BCUT2D eigenvalue weighted by Gasteiger charge is -2.09. The molecule has 0 aliphatic carbocycles. The third kappa shape index (κ3) is 2.10. The lowest BCUT2D eigenvalue weighted by Crippen LogP contribution is -2.16. The molecule has 96 valence electrons. The van der Waals surface area contributed by atoms with Gasteiger partial charge < -0.3 is 16.4 Å². The molecule has 1 aliphatic heterocycles. The summed E-state index contributed by atoms with van der Waals surface area (Å²) >= 11 is 0. The molecule has 5 nitrogen and oxygen atoms in total. The molecule has 1 aliphatic rings. The van der Waals surface area contributed by atoms with Gasteiger partial charge in [-0.1, -0.05) is 0 Å². The molecule has 1 aromatic carbocycles. The topological polar surface area (TPSA) is 80.0 Å². The molecule has 2 heterocycles. The third-order valence-electron chi connectivity index (χ3n) is 3.18. The summed E-state index contributed by atoms with van der Waals surface area (Å²) in [5, 5.41) is 6.14. The van der Waals surface area contributed by atoms with Gasteiger partial charge in [0, 0.05) is 29.2 Å². The monoisotopic (exact) mass is 254 g/mol. The molecule has 0 fully saturated rings. The second-order valence-electron chi connectivity index (χ2n) is 4.59. The number of nitrogen functional groups attached to an aromatic ring is 1. The van der Waals surface area contributed by atoms with Crippen molar-refractivity contribution >= 4 is 23.1 Å². The molecule has 3 rings (SSSR count). The minimum Gasteiger partial charge on any atom is -0.384 e. The van der Waals surface area contributed by atoms with E-state index in [1.807, 2.05) is 31.2 Å². The molecule has 0 spiro atoms. The fourth-order valence-corrected chi connectivity index (χ4v) is 2.25. The fourth-order valence-electron chi connectivity index (χ4n) is 2.25. The van der Waals surface area contributed by atoms with Gasteiger partial charge in [0.1, 0.15) is 5.82 Å². The average molecular weight is 254 g/mol. The zero-order chi connectivity index (χ0) is 13.4. The summed E-state index contributed by atoms with van der Waals surface area (Å²) in [6, 6.07) is 9.35. The largest absolute Gasteiger partial charge is 0.384 e. The van der Waals surface area contributed by atoms with E-state index in [2.05, 4.69) is 15.6 Å². The van der Waals surface area contributed by atoms with Crippen LogP contribution in [0.15, 0.2) is 36.5 Å². The van der Waals surface area contributed by atoms with Crippen LogP contribution in [0.4, 0.5) is 17.2 Å². The van der Waals surface area contributed by atoms with Gasteiger partial charge in [0.05, 0.1) is 6.04 Å². The van der Waals surface area contributed by atoms with Gasteiger partial charge in [0.15, 0.2) is 0 Å². The molecule has 0 saturated carbocycles. The Morgan fingerprint density at radius 2 is 2.05 bits per heavy atom. The number of carbonyl (C=O) groups excluding carboxylic acids is 1. The van der Waals surface area contributed by atoms with E-state index in [1.165, 1.54) is 0 Å². The first-order chi connectivity index (χ1) is 9.13. The zero-order valence-corrected chi connectivity index (χ0v) is 10.5. The van der Waals surface area contributed by atoms with Gasteiger partial charge in [0.25, 0.3) is 5.91 Å². The SMILES string of the molecule is CC1NC(=O)c2ccc(Nc3ccnc(N)c3)cc21. The first-order valence-electron chi connectivity index (χ1n) is 6.07. The van der Waals surface area contributed by atoms with Crippen LogP contribution in [0.3, 0.4) is 0 Å². The van der Waals surface area contributed by atoms with Crippen molar-refractivity contribution in [1.29, 1.82) is 0 Å². The molecule has 1 atom stereocenters. The number of nitrogens with two attached hydrogens (primary N) is 1. The maximum atomic E-state index is 11.6. The van der Waals surface area contributed by atoms with E-state index >= 15 is 0 Å². The summed E-state index contributed by atoms with van der Waals surface area (Å²) in [7, 11) is 0. The van der Waals surface area contributed by atoms with E-state index in [0.717, 1.165) is 22.5 Å². The standard InChI is InChI=1S/C14H14N4O/c1-8-12-6-9(2-3-11(12)14(19)17-8)18-10-4-5-16-13(15)7-10/h2-8H,1H3,(H,17,19)(H3,15,16,18). The molecular formula is C14H14N4O. The van der Waals surface area contributed by atoms with E-state index in [0.29, 0.717) is 5.82 Å². The van der Waals surface area contributed by atoms with Crippen LogP contribution in [0.5, 0.6) is 0 Å². The quantitative estimate of drug-likeness (QED) is 0.767. The maximum absolute atomic E-state index is 11.6. The number of carbonyl (C=O) groups is 1. The van der Waals surface area contributed by atoms with Gasteiger partial charge in [-0.25, -0.2) is 4.98 Å². The molecule has 0 radical (unpaired) electrons. The van der Waals surface area contributed by atoms with Crippen molar-refractivity contribution < 1.29 is 4.79 Å². The highest BCUT2D eigenvalue weighted by molar-refractivity contribution is 5.99. The van der Waals surface area contributed by atoms with E-state index in [4.69, 9.17) is 5.73 Å². The van der Waals surface area contributed by atoms with Crippen molar-refractivity contribution in [1.82, 2.24) is 10.3 Å². The Morgan fingerprint density at radius 1 is 1.26 bits per heavy atom. The summed E-state index contributed by atoms with van der Waals surface area (Å²) in [4.78, 5) is 15.6. The van der Waals surface area contributed by atoms with Crippen molar-refractivity contribution in [3.8, 4) is 0 Å². The number of fused-ring (bicyclic) bond motifs is 1. The van der Waals surface area contributed by atoms with E-state index < -0.39 is 0 Å². The second kappa shape index (κ2) is 4.28. The highest BCUT2D eigenvalue weighted by Crippen LogP contribution is 2.29. The van der Waals surface area contributed by atoms with Crippen LogP contribution in [-0.4, -0.2) is 10.9 Å². The number of pyridine rings is 1. The molecule has 5 heteroatoms. The van der Waals surface area contributed by atoms with Gasteiger partial charge in [-0.05, 0) is 36.8 Å². The Labute approximate surface area is 110 Å². The number of nitrogens with zero attached hydrogens (tertiary/aromatic N) is 1. The Hall–Kier alpha value is -2.56. The van der Waals surface area contributed by atoms with Crippen molar-refractivity contribution in [2.45, 2.75) is 13.0 Å². The van der Waals surface area contributed by atoms with Crippen LogP contribution in [0.1, 0.15) is 28.9 Å². The van der Waals surface area contributed by atoms with Crippen molar-refractivity contribution in [2.24, 2.45) is 0 Å². The predicted molar refractivity (Wildman–Crippen MR) is 74.3 cm³/mol.